The molecule has 1 heteroatoms. The van der Waals surface area contributed by atoms with Crippen molar-refractivity contribution in [1.82, 2.24) is 0 Å². The largest absolute Gasteiger partial charge is 0.135 e. The van der Waals surface area contributed by atoms with E-state index in [1.54, 1.807) is 0 Å². The number of rotatable bonds is 3. The Bertz CT molecular complexity index is 3680. The molecule has 0 bridgehead atoms. The lowest BCUT2D eigenvalue weighted by molar-refractivity contribution is 1.67. The number of benzene rings is 12. The van der Waals surface area contributed by atoms with E-state index in [1.807, 2.05) is 11.3 Å². The maximum Gasteiger partial charge on any atom is 0.0355 e. The zero-order valence-corrected chi connectivity index (χ0v) is 30.5. The molecule has 0 saturated carbocycles. The highest BCUT2D eigenvalue weighted by molar-refractivity contribution is 7.25. The molecule has 12 aromatic carbocycles. The fourth-order valence-electron chi connectivity index (χ4n) is 9.69. The summed E-state index contributed by atoms with van der Waals surface area (Å²) in [5, 5.41) is 21.1. The van der Waals surface area contributed by atoms with Crippen LogP contribution in [-0.4, -0.2) is 0 Å². The highest BCUT2D eigenvalue weighted by Crippen LogP contribution is 2.44. The van der Waals surface area contributed by atoms with Gasteiger partial charge in [-0.1, -0.05) is 146 Å². The first-order valence-corrected chi connectivity index (χ1v) is 19.9. The molecule has 0 saturated heterocycles. The molecule has 0 N–H and O–H groups in total. The highest BCUT2D eigenvalue weighted by atomic mass is 32.1. The smallest absolute Gasteiger partial charge is 0.0355 e. The van der Waals surface area contributed by atoms with Crippen LogP contribution >= 0.6 is 11.3 Å². The minimum Gasteiger partial charge on any atom is -0.135 e. The SMILES string of the molecule is c1cc2ccc3ccc(-c4ccc5cc(-c6ccc7sc8ccc(-c9ccc%10ccc%11cccc%12ccc9c%10c%11%12)cc8c7c6)ccc5c4)c4ccc(c1)c2c34. The molecule has 13 aromatic rings. The summed E-state index contributed by atoms with van der Waals surface area (Å²) in [6.45, 7) is 0. The van der Waals surface area contributed by atoms with Crippen molar-refractivity contribution in [3.05, 3.63) is 182 Å². The molecule has 13 rings (SSSR count). The molecule has 1 aromatic heterocycles. The Labute approximate surface area is 320 Å². The molecule has 0 aliphatic rings. The third kappa shape index (κ3) is 4.22. The summed E-state index contributed by atoms with van der Waals surface area (Å²) in [6.07, 6.45) is 0. The topological polar surface area (TPSA) is 0 Å². The van der Waals surface area contributed by atoms with Gasteiger partial charge in [0.25, 0.3) is 0 Å². The fourth-order valence-corrected chi connectivity index (χ4v) is 10.8. The second-order valence-corrected chi connectivity index (χ2v) is 16.3. The Hall–Kier alpha value is -6.80. The van der Waals surface area contributed by atoms with E-state index in [0.717, 1.165) is 0 Å². The summed E-state index contributed by atoms with van der Waals surface area (Å²) < 4.78 is 2.65. The molecule has 0 unspecified atom stereocenters. The van der Waals surface area contributed by atoms with E-state index in [2.05, 4.69) is 182 Å². The summed E-state index contributed by atoms with van der Waals surface area (Å²) in [5.74, 6) is 0. The van der Waals surface area contributed by atoms with Gasteiger partial charge in [-0.2, -0.15) is 0 Å². The van der Waals surface area contributed by atoms with Crippen LogP contribution in [0.15, 0.2) is 182 Å². The molecule has 1 heterocycles. The van der Waals surface area contributed by atoms with E-state index in [1.165, 1.54) is 129 Å². The first kappa shape index (κ1) is 29.6. The Morgan fingerprint density at radius 1 is 0.236 bits per heavy atom. The summed E-state index contributed by atoms with van der Waals surface area (Å²) in [5.41, 5.74) is 7.59. The van der Waals surface area contributed by atoms with Gasteiger partial charge in [-0.3, -0.25) is 0 Å². The van der Waals surface area contributed by atoms with Crippen molar-refractivity contribution in [2.45, 2.75) is 0 Å². The van der Waals surface area contributed by atoms with Crippen LogP contribution in [0.1, 0.15) is 0 Å². The number of hydrogen-bond donors (Lipinski definition) is 0. The van der Waals surface area contributed by atoms with Crippen LogP contribution in [0.5, 0.6) is 0 Å². The van der Waals surface area contributed by atoms with E-state index < -0.39 is 0 Å². The summed E-state index contributed by atoms with van der Waals surface area (Å²) in [4.78, 5) is 0. The average molecular weight is 711 g/mol. The lowest BCUT2D eigenvalue weighted by Crippen LogP contribution is -1.87. The third-order valence-electron chi connectivity index (χ3n) is 12.3. The second-order valence-electron chi connectivity index (χ2n) is 15.2. The Kier molecular flexibility index (Phi) is 5.86. The lowest BCUT2D eigenvalue weighted by atomic mass is 9.89. The maximum atomic E-state index is 2.42. The summed E-state index contributed by atoms with van der Waals surface area (Å²) in [6, 6.07) is 68.7. The second kappa shape index (κ2) is 10.9. The summed E-state index contributed by atoms with van der Waals surface area (Å²) >= 11 is 1.88. The lowest BCUT2D eigenvalue weighted by Gasteiger charge is -2.14. The minimum absolute atomic E-state index is 1.24. The van der Waals surface area contributed by atoms with Crippen molar-refractivity contribution in [3.63, 3.8) is 0 Å². The van der Waals surface area contributed by atoms with Gasteiger partial charge in [0, 0.05) is 20.2 Å². The van der Waals surface area contributed by atoms with E-state index in [9.17, 15) is 0 Å². The highest BCUT2D eigenvalue weighted by Gasteiger charge is 2.16. The van der Waals surface area contributed by atoms with Crippen LogP contribution in [0.4, 0.5) is 0 Å². The van der Waals surface area contributed by atoms with E-state index in [0.29, 0.717) is 0 Å². The first-order chi connectivity index (χ1) is 27.2. The van der Waals surface area contributed by atoms with Gasteiger partial charge in [0.15, 0.2) is 0 Å². The molecule has 0 amide bonds. The number of thiophene rings is 1. The van der Waals surface area contributed by atoms with Gasteiger partial charge in [-0.25, -0.2) is 0 Å². The van der Waals surface area contributed by atoms with Gasteiger partial charge in [-0.05, 0) is 145 Å². The van der Waals surface area contributed by atoms with Crippen molar-refractivity contribution in [2.75, 3.05) is 0 Å². The molecule has 55 heavy (non-hydrogen) atoms. The molecule has 0 spiro atoms. The van der Waals surface area contributed by atoms with Crippen molar-refractivity contribution >= 4 is 107 Å². The van der Waals surface area contributed by atoms with Crippen molar-refractivity contribution in [3.8, 4) is 33.4 Å². The van der Waals surface area contributed by atoms with Crippen LogP contribution < -0.4 is 0 Å². The van der Waals surface area contributed by atoms with Gasteiger partial charge in [0.2, 0.25) is 0 Å². The first-order valence-electron chi connectivity index (χ1n) is 19.1. The van der Waals surface area contributed by atoms with Gasteiger partial charge in [0.05, 0.1) is 0 Å². The van der Waals surface area contributed by atoms with Crippen molar-refractivity contribution < 1.29 is 0 Å². The van der Waals surface area contributed by atoms with Crippen LogP contribution in [0.25, 0.3) is 129 Å². The Morgan fingerprint density at radius 3 is 1.16 bits per heavy atom. The van der Waals surface area contributed by atoms with E-state index >= 15 is 0 Å². The standard InChI is InChI=1S/C54H30S/c1-3-31-7-9-35-15-21-43(45-23-17-33(5-1)51(31)53(35)45)41-14-13-37-27-38(11-12-39(37)28-41)40-19-25-49-47(29-40)48-30-42(20-26-50(48)55-49)44-22-16-36-10-8-32-4-2-6-34-18-24-46(44)54(36)52(32)34/h1-30H. The maximum absolute atomic E-state index is 2.42. The van der Waals surface area contributed by atoms with Crippen LogP contribution in [0.3, 0.4) is 0 Å². The molecule has 0 aliphatic heterocycles. The van der Waals surface area contributed by atoms with Gasteiger partial charge < -0.3 is 0 Å². The van der Waals surface area contributed by atoms with Crippen molar-refractivity contribution in [1.29, 1.82) is 0 Å². The van der Waals surface area contributed by atoms with Crippen LogP contribution in [-0.2, 0) is 0 Å². The zero-order chi connectivity index (χ0) is 35.8. The Morgan fingerprint density at radius 2 is 0.600 bits per heavy atom. The molecular weight excluding hydrogens is 681 g/mol. The van der Waals surface area contributed by atoms with Gasteiger partial charge in [-0.15, -0.1) is 11.3 Å². The Balaban J connectivity index is 0.907. The zero-order valence-electron chi connectivity index (χ0n) is 29.7. The van der Waals surface area contributed by atoms with Crippen LogP contribution in [0.2, 0.25) is 0 Å². The molecule has 0 fully saturated rings. The normalized spacial score (nSPS) is 12.4. The molecular formula is C54H30S. The monoisotopic (exact) mass is 710 g/mol. The predicted octanol–water partition coefficient (Wildman–Crippen LogP) is 16.0. The minimum atomic E-state index is 1.24. The molecule has 0 atom stereocenters. The third-order valence-corrected chi connectivity index (χ3v) is 13.5. The fraction of sp³-hybridized carbons (Fsp3) is 0. The molecule has 0 radical (unpaired) electrons. The molecule has 0 aliphatic carbocycles. The van der Waals surface area contributed by atoms with Crippen molar-refractivity contribution in [2.24, 2.45) is 0 Å². The van der Waals surface area contributed by atoms with Gasteiger partial charge >= 0.3 is 0 Å². The number of hydrogen-bond acceptors (Lipinski definition) is 1. The summed E-state index contributed by atoms with van der Waals surface area (Å²) in [7, 11) is 0. The quantitative estimate of drug-likeness (QED) is 0.160. The van der Waals surface area contributed by atoms with Crippen LogP contribution in [0, 0.1) is 0 Å². The number of fused-ring (bicyclic) bond motifs is 4. The van der Waals surface area contributed by atoms with Gasteiger partial charge in [0.1, 0.15) is 0 Å². The average Bonchev–Trinajstić information content (AvgIpc) is 3.61. The van der Waals surface area contributed by atoms with E-state index in [4.69, 9.17) is 0 Å². The van der Waals surface area contributed by atoms with E-state index in [-0.39, 0.29) is 0 Å². The predicted molar refractivity (Wildman–Crippen MR) is 241 cm³/mol. The molecule has 0 nitrogen and oxygen atoms in total. The molecule has 252 valence electrons.